The number of halogens is 1. The fourth-order valence-corrected chi connectivity index (χ4v) is 3.65. The second-order valence-electron chi connectivity index (χ2n) is 6.68. The van der Waals surface area contributed by atoms with E-state index in [1.165, 1.54) is 6.20 Å². The van der Waals surface area contributed by atoms with Gasteiger partial charge in [-0.3, -0.25) is 4.79 Å². The molecule has 1 saturated heterocycles. The first-order valence-corrected chi connectivity index (χ1v) is 9.52. The molecule has 4 rings (SSSR count). The zero-order chi connectivity index (χ0) is 19.5. The molecule has 1 aliphatic rings. The third-order valence-corrected chi connectivity index (χ3v) is 5.25. The smallest absolute Gasteiger partial charge is 0.256 e. The molecule has 2 aromatic heterocycles. The number of carbonyl (C=O) groups excluding carboxylic acids is 1. The van der Waals surface area contributed by atoms with Crippen molar-refractivity contribution in [2.45, 2.75) is 25.3 Å². The Morgan fingerprint density at radius 3 is 2.86 bits per heavy atom. The summed E-state index contributed by atoms with van der Waals surface area (Å²) in [6.07, 6.45) is 5.54. The zero-order valence-electron chi connectivity index (χ0n) is 15.5. The Bertz CT molecular complexity index is 971. The van der Waals surface area contributed by atoms with E-state index in [4.69, 9.17) is 20.8 Å². The number of methoxy groups -OCH3 is 1. The molecule has 0 bridgehead atoms. The molecule has 144 valence electrons. The van der Waals surface area contributed by atoms with Crippen LogP contribution >= 0.6 is 11.6 Å². The second-order valence-corrected chi connectivity index (χ2v) is 7.09. The summed E-state index contributed by atoms with van der Waals surface area (Å²) in [4.78, 5) is 23.3. The molecule has 0 unspecified atom stereocenters. The molecule has 0 saturated carbocycles. The van der Waals surface area contributed by atoms with Gasteiger partial charge in [0.25, 0.3) is 5.91 Å². The molecule has 1 atom stereocenters. The van der Waals surface area contributed by atoms with Crippen LogP contribution in [0, 0.1) is 0 Å². The van der Waals surface area contributed by atoms with Gasteiger partial charge in [0.05, 0.1) is 18.9 Å². The Morgan fingerprint density at radius 2 is 2.11 bits per heavy atom. The average molecular weight is 398 g/mol. The number of benzene rings is 1. The molecular weight excluding hydrogens is 378 g/mol. The Hall–Kier alpha value is -2.86. The first-order valence-electron chi connectivity index (χ1n) is 9.14. The van der Waals surface area contributed by atoms with E-state index in [-0.39, 0.29) is 11.9 Å². The molecule has 3 heterocycles. The first kappa shape index (κ1) is 18.5. The summed E-state index contributed by atoms with van der Waals surface area (Å²) in [7, 11) is 1.54. The van der Waals surface area contributed by atoms with Gasteiger partial charge < -0.3 is 14.1 Å². The van der Waals surface area contributed by atoms with Crippen molar-refractivity contribution in [3.8, 4) is 5.88 Å². The molecule has 0 radical (unpaired) electrons. The van der Waals surface area contributed by atoms with Crippen LogP contribution < -0.4 is 4.74 Å². The number of hydrogen-bond donors (Lipinski definition) is 0. The summed E-state index contributed by atoms with van der Waals surface area (Å²) in [6, 6.07) is 10.9. The highest BCUT2D eigenvalue weighted by Crippen LogP contribution is 2.33. The van der Waals surface area contributed by atoms with Crippen LogP contribution in [-0.4, -0.2) is 34.4 Å². The number of oxazole rings is 1. The van der Waals surface area contributed by atoms with Gasteiger partial charge in [-0.2, -0.15) is 0 Å². The maximum atomic E-state index is 12.9. The lowest BCUT2D eigenvalue weighted by Crippen LogP contribution is -2.30. The van der Waals surface area contributed by atoms with Crippen molar-refractivity contribution < 1.29 is 13.9 Å². The largest absolute Gasteiger partial charge is 0.481 e. The number of rotatable bonds is 5. The van der Waals surface area contributed by atoms with E-state index in [1.54, 1.807) is 30.3 Å². The maximum Gasteiger partial charge on any atom is 0.256 e. The van der Waals surface area contributed by atoms with Gasteiger partial charge in [-0.25, -0.2) is 9.97 Å². The molecule has 7 heteroatoms. The molecule has 28 heavy (non-hydrogen) atoms. The molecule has 0 spiro atoms. The quantitative estimate of drug-likeness (QED) is 0.642. The van der Waals surface area contributed by atoms with Crippen LogP contribution in [0.1, 0.15) is 46.5 Å². The highest BCUT2D eigenvalue weighted by atomic mass is 35.5. The Balaban J connectivity index is 1.51. The lowest BCUT2D eigenvalue weighted by atomic mass is 10.1. The summed E-state index contributed by atoms with van der Waals surface area (Å²) in [5.74, 6) is 1.69. The number of ether oxygens (including phenoxy) is 1. The fraction of sp³-hybridized carbons (Fsp3) is 0.286. The topological polar surface area (TPSA) is 68.5 Å². The van der Waals surface area contributed by atoms with E-state index >= 15 is 0 Å². The Morgan fingerprint density at radius 1 is 1.25 bits per heavy atom. The van der Waals surface area contributed by atoms with Crippen LogP contribution in [0.4, 0.5) is 0 Å². The molecular formula is C21H20ClN3O3. The Kier molecular flexibility index (Phi) is 5.30. The average Bonchev–Trinajstić information content (AvgIpc) is 3.38. The molecule has 0 N–H and O–H groups in total. The number of likely N-dealkylation sites (tertiary alicyclic amines) is 1. The van der Waals surface area contributed by atoms with Crippen LogP contribution in [-0.2, 0) is 6.42 Å². The molecule has 6 nitrogen and oxygen atoms in total. The second kappa shape index (κ2) is 8.02. The fourth-order valence-electron chi connectivity index (χ4n) is 3.45. The van der Waals surface area contributed by atoms with E-state index < -0.39 is 0 Å². The third kappa shape index (κ3) is 3.73. The van der Waals surface area contributed by atoms with Crippen LogP contribution in [0.5, 0.6) is 5.88 Å². The van der Waals surface area contributed by atoms with Crippen molar-refractivity contribution in [1.29, 1.82) is 0 Å². The molecule has 3 aromatic rings. The molecule has 1 aromatic carbocycles. The lowest BCUT2D eigenvalue weighted by Gasteiger charge is -2.22. The van der Waals surface area contributed by atoms with Gasteiger partial charge >= 0.3 is 0 Å². The number of amides is 1. The van der Waals surface area contributed by atoms with Crippen LogP contribution in [0.2, 0.25) is 5.02 Å². The Labute approximate surface area is 168 Å². The molecule has 0 aliphatic carbocycles. The van der Waals surface area contributed by atoms with Crippen LogP contribution in [0.15, 0.2) is 53.2 Å². The minimum absolute atomic E-state index is 0.0801. The summed E-state index contributed by atoms with van der Waals surface area (Å²) in [5.41, 5.74) is 1.51. The van der Waals surface area contributed by atoms with Gasteiger partial charge in [-0.15, -0.1) is 0 Å². The van der Waals surface area contributed by atoms with Gasteiger partial charge in [-0.1, -0.05) is 29.8 Å². The van der Waals surface area contributed by atoms with E-state index in [0.29, 0.717) is 35.3 Å². The highest BCUT2D eigenvalue weighted by Gasteiger charge is 2.34. The van der Waals surface area contributed by atoms with Crippen LogP contribution in [0.3, 0.4) is 0 Å². The summed E-state index contributed by atoms with van der Waals surface area (Å²) >= 11 is 6.23. The normalized spacial score (nSPS) is 16.4. The first-order chi connectivity index (χ1) is 13.7. The van der Waals surface area contributed by atoms with Gasteiger partial charge in [0, 0.05) is 30.3 Å². The van der Waals surface area contributed by atoms with Gasteiger partial charge in [0.2, 0.25) is 11.8 Å². The van der Waals surface area contributed by atoms with Gasteiger partial charge in [-0.05, 0) is 30.5 Å². The van der Waals surface area contributed by atoms with E-state index in [2.05, 4.69) is 9.97 Å². The van der Waals surface area contributed by atoms with Crippen molar-refractivity contribution in [2.24, 2.45) is 0 Å². The minimum atomic E-state index is -0.172. The van der Waals surface area contributed by atoms with Crippen molar-refractivity contribution in [1.82, 2.24) is 14.9 Å². The van der Waals surface area contributed by atoms with Crippen LogP contribution in [0.25, 0.3) is 0 Å². The molecule has 1 amide bonds. The van der Waals surface area contributed by atoms with E-state index in [9.17, 15) is 4.79 Å². The van der Waals surface area contributed by atoms with Gasteiger partial charge in [0.15, 0.2) is 0 Å². The molecule has 1 fully saturated rings. The van der Waals surface area contributed by atoms with Crippen molar-refractivity contribution >= 4 is 17.5 Å². The summed E-state index contributed by atoms with van der Waals surface area (Å²) in [6.45, 7) is 0.664. The van der Waals surface area contributed by atoms with Crippen molar-refractivity contribution in [2.75, 3.05) is 13.7 Å². The predicted molar refractivity (Wildman–Crippen MR) is 105 cm³/mol. The predicted octanol–water partition coefficient (Wildman–Crippen LogP) is 4.30. The standard InChI is InChI=1S/C21H20ClN3O3/c1-27-19-9-8-15(12-23-19)21(26)25-10-4-7-18(25)20-24-13-16(28-20)11-14-5-2-3-6-17(14)22/h2-3,5-6,8-9,12-13,18H,4,7,10-11H2,1H3/t18-/m1/s1. The van der Waals surface area contributed by atoms with E-state index in [0.717, 1.165) is 24.2 Å². The summed E-state index contributed by atoms with van der Waals surface area (Å²) < 4.78 is 11.0. The monoisotopic (exact) mass is 397 g/mol. The lowest BCUT2D eigenvalue weighted by molar-refractivity contribution is 0.0714. The highest BCUT2D eigenvalue weighted by molar-refractivity contribution is 6.31. The SMILES string of the molecule is COc1ccc(C(=O)N2CCC[C@@H]2c2ncc(Cc3ccccc3Cl)o2)cn1. The maximum absolute atomic E-state index is 12.9. The number of carbonyl (C=O) groups is 1. The number of nitrogens with zero attached hydrogens (tertiary/aromatic N) is 3. The van der Waals surface area contributed by atoms with Gasteiger partial charge in [0.1, 0.15) is 11.8 Å². The van der Waals surface area contributed by atoms with Crippen molar-refractivity contribution in [3.05, 3.63) is 76.6 Å². The zero-order valence-corrected chi connectivity index (χ0v) is 16.2. The number of aromatic nitrogens is 2. The minimum Gasteiger partial charge on any atom is -0.481 e. The molecule has 1 aliphatic heterocycles. The third-order valence-electron chi connectivity index (χ3n) is 4.89. The number of hydrogen-bond acceptors (Lipinski definition) is 5. The number of pyridine rings is 1. The summed E-state index contributed by atoms with van der Waals surface area (Å²) in [5, 5.41) is 0.699. The van der Waals surface area contributed by atoms with Crippen molar-refractivity contribution in [3.63, 3.8) is 0 Å². The van der Waals surface area contributed by atoms with E-state index in [1.807, 2.05) is 24.3 Å².